The summed E-state index contributed by atoms with van der Waals surface area (Å²) in [6.45, 7) is 3.46. The molecule has 2 aromatic rings. The molecule has 0 fully saturated rings. The summed E-state index contributed by atoms with van der Waals surface area (Å²) in [5.74, 6) is 1.43. The molecule has 1 aromatic carbocycles. The van der Waals surface area contributed by atoms with Gasteiger partial charge in [0.25, 0.3) is 5.69 Å². The highest BCUT2D eigenvalue weighted by atomic mass is 16.6. The molecule has 1 heterocycles. The second-order valence-electron chi connectivity index (χ2n) is 4.16. The molecule has 0 radical (unpaired) electrons. The monoisotopic (exact) mass is 274 g/mol. The lowest BCUT2D eigenvalue weighted by Crippen LogP contribution is -2.01. The SMILES string of the molecule is CNc1ncnc(Oc2cccc([N+](=O)[O-])c2C)c1C. The van der Waals surface area contributed by atoms with Gasteiger partial charge in [-0.1, -0.05) is 6.07 Å². The molecule has 0 aliphatic rings. The lowest BCUT2D eigenvalue weighted by Gasteiger charge is -2.11. The van der Waals surface area contributed by atoms with Crippen LogP contribution in [-0.2, 0) is 0 Å². The summed E-state index contributed by atoms with van der Waals surface area (Å²) in [6, 6.07) is 4.69. The van der Waals surface area contributed by atoms with Crippen LogP contribution in [0, 0.1) is 24.0 Å². The molecule has 0 aliphatic carbocycles. The van der Waals surface area contributed by atoms with Crippen LogP contribution in [0.2, 0.25) is 0 Å². The van der Waals surface area contributed by atoms with Crippen molar-refractivity contribution in [3.8, 4) is 11.6 Å². The summed E-state index contributed by atoms with van der Waals surface area (Å²) in [5, 5.41) is 13.8. The van der Waals surface area contributed by atoms with E-state index in [-0.39, 0.29) is 5.69 Å². The largest absolute Gasteiger partial charge is 0.438 e. The van der Waals surface area contributed by atoms with Crippen molar-refractivity contribution in [3.63, 3.8) is 0 Å². The number of rotatable bonds is 4. The molecule has 104 valence electrons. The Balaban J connectivity index is 2.41. The molecule has 2 rings (SSSR count). The Morgan fingerprint density at radius 1 is 1.25 bits per heavy atom. The number of hydrogen-bond acceptors (Lipinski definition) is 6. The van der Waals surface area contributed by atoms with Gasteiger partial charge in [0.2, 0.25) is 5.88 Å². The van der Waals surface area contributed by atoms with Gasteiger partial charge in [-0.25, -0.2) is 9.97 Å². The van der Waals surface area contributed by atoms with Crippen molar-refractivity contribution in [1.82, 2.24) is 9.97 Å². The molecule has 0 atom stereocenters. The van der Waals surface area contributed by atoms with Crippen LogP contribution in [0.15, 0.2) is 24.5 Å². The Morgan fingerprint density at radius 2 is 2.00 bits per heavy atom. The zero-order valence-corrected chi connectivity index (χ0v) is 11.4. The number of anilines is 1. The minimum atomic E-state index is -0.436. The average molecular weight is 274 g/mol. The van der Waals surface area contributed by atoms with Gasteiger partial charge in [-0.3, -0.25) is 10.1 Å². The van der Waals surface area contributed by atoms with Crippen molar-refractivity contribution in [2.45, 2.75) is 13.8 Å². The van der Waals surface area contributed by atoms with Gasteiger partial charge in [-0.15, -0.1) is 0 Å². The third-order valence-corrected chi connectivity index (χ3v) is 2.93. The van der Waals surface area contributed by atoms with Crippen LogP contribution >= 0.6 is 0 Å². The van der Waals surface area contributed by atoms with Crippen molar-refractivity contribution in [2.75, 3.05) is 12.4 Å². The predicted octanol–water partition coefficient (Wildman–Crippen LogP) is 2.84. The number of nitro groups is 1. The van der Waals surface area contributed by atoms with Crippen LogP contribution < -0.4 is 10.1 Å². The van der Waals surface area contributed by atoms with E-state index in [0.717, 1.165) is 5.56 Å². The Hall–Kier alpha value is -2.70. The first kappa shape index (κ1) is 13.7. The van der Waals surface area contributed by atoms with E-state index >= 15 is 0 Å². The standard InChI is InChI=1S/C13H14N4O3/c1-8-10(17(18)19)5-4-6-11(8)20-13-9(2)12(14-3)15-7-16-13/h4-7H,1-3H3,(H,14,15,16). The van der Waals surface area contributed by atoms with Crippen LogP contribution in [0.4, 0.5) is 11.5 Å². The zero-order valence-electron chi connectivity index (χ0n) is 11.4. The molecule has 20 heavy (non-hydrogen) atoms. The maximum Gasteiger partial charge on any atom is 0.276 e. The van der Waals surface area contributed by atoms with Gasteiger partial charge in [0.15, 0.2) is 0 Å². The second kappa shape index (κ2) is 5.52. The van der Waals surface area contributed by atoms with E-state index in [1.165, 1.54) is 12.4 Å². The van der Waals surface area contributed by atoms with E-state index in [2.05, 4.69) is 15.3 Å². The minimum absolute atomic E-state index is 0.0167. The van der Waals surface area contributed by atoms with Crippen molar-refractivity contribution in [2.24, 2.45) is 0 Å². The molecule has 0 saturated heterocycles. The number of ether oxygens (including phenoxy) is 1. The maximum atomic E-state index is 10.9. The van der Waals surface area contributed by atoms with Gasteiger partial charge in [-0.05, 0) is 19.9 Å². The Morgan fingerprint density at radius 3 is 2.65 bits per heavy atom. The highest BCUT2D eigenvalue weighted by molar-refractivity contribution is 5.52. The Kier molecular flexibility index (Phi) is 3.79. The average Bonchev–Trinajstić information content (AvgIpc) is 2.43. The van der Waals surface area contributed by atoms with E-state index < -0.39 is 4.92 Å². The molecule has 1 aromatic heterocycles. The van der Waals surface area contributed by atoms with Gasteiger partial charge in [0, 0.05) is 13.1 Å². The van der Waals surface area contributed by atoms with Crippen LogP contribution in [0.1, 0.15) is 11.1 Å². The molecule has 7 heteroatoms. The summed E-state index contributed by atoms with van der Waals surface area (Å²) in [5.41, 5.74) is 1.21. The summed E-state index contributed by atoms with van der Waals surface area (Å²) in [4.78, 5) is 18.6. The van der Waals surface area contributed by atoms with Crippen molar-refractivity contribution in [3.05, 3.63) is 45.8 Å². The molecule has 0 aliphatic heterocycles. The molecule has 0 saturated carbocycles. The van der Waals surface area contributed by atoms with Gasteiger partial charge in [0.05, 0.1) is 16.1 Å². The fraction of sp³-hybridized carbons (Fsp3) is 0.231. The molecular formula is C13H14N4O3. The number of hydrogen-bond donors (Lipinski definition) is 1. The minimum Gasteiger partial charge on any atom is -0.438 e. The molecule has 0 bridgehead atoms. The number of aromatic nitrogens is 2. The van der Waals surface area contributed by atoms with Crippen LogP contribution in [0.25, 0.3) is 0 Å². The summed E-state index contributed by atoms with van der Waals surface area (Å²) >= 11 is 0. The number of nitrogens with zero attached hydrogens (tertiary/aromatic N) is 3. The van der Waals surface area contributed by atoms with Gasteiger partial charge >= 0.3 is 0 Å². The molecule has 0 amide bonds. The first-order valence-corrected chi connectivity index (χ1v) is 5.95. The predicted molar refractivity (Wildman–Crippen MR) is 74.2 cm³/mol. The first-order chi connectivity index (χ1) is 9.54. The van der Waals surface area contributed by atoms with Crippen LogP contribution in [-0.4, -0.2) is 21.9 Å². The molecule has 1 N–H and O–H groups in total. The molecular weight excluding hydrogens is 260 g/mol. The molecule has 0 spiro atoms. The number of nitro benzene ring substituents is 1. The van der Waals surface area contributed by atoms with Crippen LogP contribution in [0.3, 0.4) is 0 Å². The van der Waals surface area contributed by atoms with Gasteiger partial charge in [-0.2, -0.15) is 0 Å². The summed E-state index contributed by atoms with van der Waals surface area (Å²) in [6.07, 6.45) is 1.38. The van der Waals surface area contributed by atoms with Gasteiger partial charge < -0.3 is 10.1 Å². The lowest BCUT2D eigenvalue weighted by molar-refractivity contribution is -0.385. The first-order valence-electron chi connectivity index (χ1n) is 5.95. The molecule has 0 unspecified atom stereocenters. The topological polar surface area (TPSA) is 90.2 Å². The summed E-state index contributed by atoms with van der Waals surface area (Å²) in [7, 11) is 1.75. The number of benzene rings is 1. The van der Waals surface area contributed by atoms with Crippen molar-refractivity contribution < 1.29 is 9.66 Å². The third-order valence-electron chi connectivity index (χ3n) is 2.93. The van der Waals surface area contributed by atoms with E-state index in [9.17, 15) is 10.1 Å². The zero-order chi connectivity index (χ0) is 14.7. The van der Waals surface area contributed by atoms with E-state index in [0.29, 0.717) is 23.0 Å². The third kappa shape index (κ3) is 2.51. The number of nitrogens with one attached hydrogen (secondary N) is 1. The van der Waals surface area contributed by atoms with E-state index in [1.54, 1.807) is 26.1 Å². The van der Waals surface area contributed by atoms with Crippen molar-refractivity contribution in [1.29, 1.82) is 0 Å². The smallest absolute Gasteiger partial charge is 0.276 e. The van der Waals surface area contributed by atoms with Crippen LogP contribution in [0.5, 0.6) is 11.6 Å². The Bertz CT molecular complexity index is 658. The maximum absolute atomic E-state index is 10.9. The quantitative estimate of drug-likeness (QED) is 0.681. The van der Waals surface area contributed by atoms with E-state index in [4.69, 9.17) is 4.74 Å². The lowest BCUT2D eigenvalue weighted by atomic mass is 10.2. The molecule has 7 nitrogen and oxygen atoms in total. The van der Waals surface area contributed by atoms with Crippen molar-refractivity contribution >= 4 is 11.5 Å². The second-order valence-corrected chi connectivity index (χ2v) is 4.16. The Labute approximate surface area is 115 Å². The fourth-order valence-electron chi connectivity index (χ4n) is 1.80. The summed E-state index contributed by atoms with van der Waals surface area (Å²) < 4.78 is 5.68. The highest BCUT2D eigenvalue weighted by Crippen LogP contribution is 2.32. The van der Waals surface area contributed by atoms with E-state index in [1.807, 2.05) is 6.92 Å². The normalized spacial score (nSPS) is 10.2. The fourth-order valence-corrected chi connectivity index (χ4v) is 1.80. The highest BCUT2D eigenvalue weighted by Gasteiger charge is 2.16. The van der Waals surface area contributed by atoms with Gasteiger partial charge in [0.1, 0.15) is 17.9 Å².